The maximum atomic E-state index is 14.5. The molecule has 0 bridgehead atoms. The average Bonchev–Trinajstić information content (AvgIpc) is 3.47. The predicted octanol–water partition coefficient (Wildman–Crippen LogP) is 5.52. The number of aliphatic hydroxyl groups excluding tert-OH is 1. The number of nitrogens with zero attached hydrogens (tertiary/aromatic N) is 4. The molecule has 4 aromatic rings. The van der Waals surface area contributed by atoms with Crippen LogP contribution in [0.1, 0.15) is 70.0 Å². The van der Waals surface area contributed by atoms with Gasteiger partial charge in [0, 0.05) is 23.5 Å². The third-order valence-corrected chi connectivity index (χ3v) is 10.9. The van der Waals surface area contributed by atoms with Crippen molar-refractivity contribution in [2.75, 3.05) is 6.54 Å². The zero-order valence-electron chi connectivity index (χ0n) is 35.2. The van der Waals surface area contributed by atoms with Crippen molar-refractivity contribution in [1.82, 2.24) is 35.7 Å². The van der Waals surface area contributed by atoms with E-state index < -0.39 is 65.5 Å². The Kier molecular flexibility index (Phi) is 15.1. The molecule has 5 N–H and O–H groups in total. The van der Waals surface area contributed by atoms with Crippen molar-refractivity contribution in [3.63, 3.8) is 0 Å². The van der Waals surface area contributed by atoms with Crippen molar-refractivity contribution >= 4 is 29.8 Å². The molecule has 2 aromatic carbocycles. The lowest BCUT2D eigenvalue weighted by molar-refractivity contribution is -0.129. The summed E-state index contributed by atoms with van der Waals surface area (Å²) in [4.78, 5) is 78.7. The van der Waals surface area contributed by atoms with E-state index in [1.165, 1.54) is 4.90 Å². The molecule has 0 spiro atoms. The Bertz CT molecular complexity index is 2090. The van der Waals surface area contributed by atoms with Gasteiger partial charge < -0.3 is 31.1 Å². The van der Waals surface area contributed by atoms with E-state index >= 15 is 0 Å². The van der Waals surface area contributed by atoms with Crippen molar-refractivity contribution in [3.8, 4) is 11.3 Å². The summed E-state index contributed by atoms with van der Waals surface area (Å²) in [7, 11) is 0. The number of imide groups is 1. The number of carbonyl (C=O) groups is 5. The van der Waals surface area contributed by atoms with E-state index in [0.29, 0.717) is 18.5 Å². The normalized spacial score (nSPS) is 16.1. The van der Waals surface area contributed by atoms with Crippen LogP contribution in [0.4, 0.5) is 9.59 Å². The zero-order valence-corrected chi connectivity index (χ0v) is 35.2. The highest BCUT2D eigenvalue weighted by Gasteiger charge is 2.45. The lowest BCUT2D eigenvalue weighted by Gasteiger charge is -2.34. The number of carboxylic acid groups (broad SMARTS) is 1. The fourth-order valence-electron chi connectivity index (χ4n) is 7.49. The third kappa shape index (κ3) is 12.0. The fourth-order valence-corrected chi connectivity index (χ4v) is 7.49. The first-order valence-corrected chi connectivity index (χ1v) is 20.4. The van der Waals surface area contributed by atoms with Crippen LogP contribution in [0.15, 0.2) is 97.2 Å². The van der Waals surface area contributed by atoms with Gasteiger partial charge in [-0.25, -0.2) is 9.59 Å². The molecule has 5 rings (SSSR count). The van der Waals surface area contributed by atoms with Crippen molar-refractivity contribution in [2.45, 2.75) is 104 Å². The van der Waals surface area contributed by atoms with Gasteiger partial charge in [-0.1, -0.05) is 108 Å². The Balaban J connectivity index is 1.42. The lowest BCUT2D eigenvalue weighted by Crippen LogP contribution is -2.58. The first-order chi connectivity index (χ1) is 28.5. The minimum Gasteiger partial charge on any atom is -0.465 e. The maximum Gasteiger partial charge on any atom is 0.405 e. The number of aliphatic hydroxyl groups is 1. The van der Waals surface area contributed by atoms with Gasteiger partial charge in [-0.05, 0) is 72.9 Å². The van der Waals surface area contributed by atoms with Crippen molar-refractivity contribution in [1.29, 1.82) is 0 Å². The number of hydrogen-bond donors (Lipinski definition) is 5. The molecule has 0 aliphatic carbocycles. The monoisotopic (exact) mass is 819 g/mol. The number of aromatic nitrogens is 2. The van der Waals surface area contributed by atoms with Gasteiger partial charge in [0.1, 0.15) is 18.6 Å². The molecule has 0 saturated carbocycles. The van der Waals surface area contributed by atoms with Gasteiger partial charge in [-0.15, -0.1) is 0 Å². The van der Waals surface area contributed by atoms with Gasteiger partial charge in [-0.3, -0.25) is 29.3 Å². The number of benzene rings is 2. The summed E-state index contributed by atoms with van der Waals surface area (Å²) in [6.45, 7) is 10.5. The molecule has 0 radical (unpaired) electrons. The Morgan fingerprint density at radius 2 is 1.52 bits per heavy atom. The fraction of sp³-hybridized carbons (Fsp3) is 0.413. The van der Waals surface area contributed by atoms with Crippen molar-refractivity contribution < 1.29 is 34.2 Å². The van der Waals surface area contributed by atoms with Crippen LogP contribution in [-0.2, 0) is 33.8 Å². The van der Waals surface area contributed by atoms with E-state index in [2.05, 4.69) is 25.9 Å². The number of carbonyl (C=O) groups excluding carboxylic acids is 4. The van der Waals surface area contributed by atoms with Gasteiger partial charge >= 0.3 is 12.1 Å². The molecule has 6 atom stereocenters. The van der Waals surface area contributed by atoms with E-state index in [0.717, 1.165) is 33.0 Å². The van der Waals surface area contributed by atoms with Gasteiger partial charge in [0.05, 0.1) is 30.1 Å². The molecule has 14 heteroatoms. The lowest BCUT2D eigenvalue weighted by atomic mass is 9.85. The molecule has 2 aromatic heterocycles. The molecule has 3 heterocycles. The highest BCUT2D eigenvalue weighted by atomic mass is 16.4. The second-order valence-electron chi connectivity index (χ2n) is 16.7. The summed E-state index contributed by atoms with van der Waals surface area (Å²) in [5, 5.41) is 30.1. The highest BCUT2D eigenvalue weighted by Crippen LogP contribution is 2.25. The number of urea groups is 1. The topological polar surface area (TPSA) is 194 Å². The molecule has 60 heavy (non-hydrogen) atoms. The Labute approximate surface area is 351 Å². The number of hydrogen-bond acceptors (Lipinski definition) is 8. The van der Waals surface area contributed by atoms with Gasteiger partial charge in [0.25, 0.3) is 5.91 Å². The number of aryl methyl sites for hydroxylation is 1. The van der Waals surface area contributed by atoms with Crippen LogP contribution >= 0.6 is 0 Å². The molecule has 318 valence electrons. The van der Waals surface area contributed by atoms with Crippen molar-refractivity contribution in [3.05, 3.63) is 120 Å². The van der Waals surface area contributed by atoms with E-state index in [9.17, 15) is 34.2 Å². The number of amides is 6. The summed E-state index contributed by atoms with van der Waals surface area (Å²) in [5.74, 6) is -1.85. The van der Waals surface area contributed by atoms with Crippen molar-refractivity contribution in [2.24, 2.45) is 11.3 Å². The van der Waals surface area contributed by atoms with Gasteiger partial charge in [0.2, 0.25) is 11.8 Å². The standard InChI is InChI=1S/C46H57N7O7/c1-7-29(2)40(53-28-39(55)52(45(53)60)27-34-17-13-14-30(3)48-34)42(56)49-35(24-31-15-9-8-10-16-31)26-38(54)37(50-43(57)41(46(4,5)6)51-44(58)59)25-32-19-21-33(22-20-32)36-18-11-12-23-47-36/h8-23,29,35,37-38,40-41,51,54H,7,24-28H2,1-6H3,(H,49,56)(H,50,57)(H,58,59). The molecular weight excluding hydrogens is 763 g/mol. The smallest absolute Gasteiger partial charge is 0.405 e. The molecule has 6 unspecified atom stereocenters. The summed E-state index contributed by atoms with van der Waals surface area (Å²) in [6.07, 6.45) is 0.110. The Morgan fingerprint density at radius 3 is 2.13 bits per heavy atom. The zero-order chi connectivity index (χ0) is 43.6. The van der Waals surface area contributed by atoms with Crippen LogP contribution in [0.2, 0.25) is 0 Å². The molecule has 1 saturated heterocycles. The van der Waals surface area contributed by atoms with Crippen LogP contribution in [0.25, 0.3) is 11.3 Å². The number of pyridine rings is 2. The van der Waals surface area contributed by atoms with Crippen LogP contribution in [-0.4, -0.2) is 96.6 Å². The van der Waals surface area contributed by atoms with Crippen LogP contribution < -0.4 is 16.0 Å². The quantitative estimate of drug-likeness (QED) is 0.0804. The number of nitrogens with one attached hydrogen (secondary N) is 3. The SMILES string of the molecule is CCC(C)C(C(=O)NC(Cc1ccccc1)CC(O)C(Cc1ccc(-c2ccccn2)cc1)NC(=O)C(NC(=O)O)C(C)(C)C)N1CC(=O)N(Cc2cccc(C)n2)C1=O. The summed E-state index contributed by atoms with van der Waals surface area (Å²) in [5.41, 5.74) is 3.83. The summed E-state index contributed by atoms with van der Waals surface area (Å²) < 4.78 is 0. The minimum absolute atomic E-state index is 0.0185. The molecule has 1 aliphatic heterocycles. The third-order valence-electron chi connectivity index (χ3n) is 10.9. The van der Waals surface area contributed by atoms with E-state index in [1.807, 2.05) is 106 Å². The summed E-state index contributed by atoms with van der Waals surface area (Å²) >= 11 is 0. The second-order valence-corrected chi connectivity index (χ2v) is 16.7. The van der Waals surface area contributed by atoms with Crippen LogP contribution in [0.3, 0.4) is 0 Å². The molecule has 1 aliphatic rings. The van der Waals surface area contributed by atoms with Crippen LogP contribution in [0, 0.1) is 18.3 Å². The molecule has 14 nitrogen and oxygen atoms in total. The van der Waals surface area contributed by atoms with E-state index in [4.69, 9.17) is 0 Å². The van der Waals surface area contributed by atoms with E-state index in [-0.39, 0.29) is 31.8 Å². The van der Waals surface area contributed by atoms with Crippen LogP contribution in [0.5, 0.6) is 0 Å². The first-order valence-electron chi connectivity index (χ1n) is 20.4. The Morgan fingerprint density at radius 1 is 0.833 bits per heavy atom. The largest absolute Gasteiger partial charge is 0.465 e. The average molecular weight is 820 g/mol. The molecule has 1 fully saturated rings. The van der Waals surface area contributed by atoms with Gasteiger partial charge in [0.15, 0.2) is 0 Å². The molecular formula is C46H57N7O7. The summed E-state index contributed by atoms with van der Waals surface area (Å²) in [6, 6.07) is 23.7. The highest BCUT2D eigenvalue weighted by molar-refractivity contribution is 6.04. The predicted molar refractivity (Wildman–Crippen MR) is 227 cm³/mol. The minimum atomic E-state index is -1.36. The van der Waals surface area contributed by atoms with Gasteiger partial charge in [-0.2, -0.15) is 0 Å². The maximum absolute atomic E-state index is 14.5. The second kappa shape index (κ2) is 20.2. The molecule has 6 amide bonds. The number of rotatable bonds is 18. The Hall–Kier alpha value is -6.15. The first kappa shape index (κ1) is 44.9. The van der Waals surface area contributed by atoms with E-state index in [1.54, 1.807) is 33.0 Å².